The van der Waals surface area contributed by atoms with Gasteiger partial charge in [0, 0.05) is 43.9 Å². The maximum absolute atomic E-state index is 12.7. The summed E-state index contributed by atoms with van der Waals surface area (Å²) in [6.45, 7) is 3.28. The Morgan fingerprint density at radius 2 is 1.92 bits per heavy atom. The van der Waals surface area contributed by atoms with E-state index in [9.17, 15) is 14.4 Å². The number of hydrogen-bond donors (Lipinski definition) is 2. The van der Waals surface area contributed by atoms with Crippen LogP contribution >= 0.6 is 0 Å². The van der Waals surface area contributed by atoms with Gasteiger partial charge in [0.15, 0.2) is 0 Å². The molecule has 0 aliphatic carbocycles. The molecule has 1 aromatic carbocycles. The van der Waals surface area contributed by atoms with E-state index in [2.05, 4.69) is 10.6 Å². The molecule has 3 amide bonds. The molecule has 26 heavy (non-hydrogen) atoms. The second-order valence-electron chi connectivity index (χ2n) is 6.84. The van der Waals surface area contributed by atoms with E-state index in [1.165, 1.54) is 6.92 Å². The fraction of sp³-hybridized carbons (Fsp3) is 0.526. The van der Waals surface area contributed by atoms with Gasteiger partial charge in [0.05, 0.1) is 0 Å². The number of nitrogens with zero attached hydrogens (tertiary/aromatic N) is 1. The van der Waals surface area contributed by atoms with Crippen LogP contribution in [0.4, 0.5) is 5.69 Å². The lowest BCUT2D eigenvalue weighted by atomic mass is 10.0. The summed E-state index contributed by atoms with van der Waals surface area (Å²) in [5.74, 6) is -0.256. The number of carbonyl (C=O) groups is 3. The monoisotopic (exact) mass is 359 g/mol. The number of carbonyl (C=O) groups excluding carboxylic acids is 3. The highest BCUT2D eigenvalue weighted by Gasteiger charge is 2.28. The first kappa shape index (κ1) is 18.4. The molecule has 2 aliphatic heterocycles. The lowest BCUT2D eigenvalue weighted by molar-refractivity contribution is -0.131. The standard InChI is InChI=1S/C19H25N3O4/c1-13(23)20-16-5-2-4-14(12-16)19(25)22-9-7-15(8-10-22)21-18(24)17-6-3-11-26-17/h2,4-5,12,15,17H,3,6-11H2,1H3,(H,20,23)(H,21,24). The number of hydrogen-bond acceptors (Lipinski definition) is 4. The van der Waals surface area contributed by atoms with Crippen molar-refractivity contribution in [3.63, 3.8) is 0 Å². The summed E-state index contributed by atoms with van der Waals surface area (Å²) in [6, 6.07) is 7.04. The summed E-state index contributed by atoms with van der Waals surface area (Å²) in [4.78, 5) is 37.8. The Kier molecular flexibility index (Phi) is 5.88. The van der Waals surface area contributed by atoms with Gasteiger partial charge in [-0.3, -0.25) is 14.4 Å². The second kappa shape index (κ2) is 8.31. The normalized spacial score (nSPS) is 20.7. The highest BCUT2D eigenvalue weighted by atomic mass is 16.5. The molecule has 1 atom stereocenters. The Hall–Kier alpha value is -2.41. The third kappa shape index (κ3) is 4.60. The maximum atomic E-state index is 12.7. The first-order valence-corrected chi connectivity index (χ1v) is 9.12. The third-order valence-corrected chi connectivity index (χ3v) is 4.78. The highest BCUT2D eigenvalue weighted by molar-refractivity contribution is 5.96. The third-order valence-electron chi connectivity index (χ3n) is 4.78. The van der Waals surface area contributed by atoms with Crippen LogP contribution in [0.25, 0.3) is 0 Å². The smallest absolute Gasteiger partial charge is 0.253 e. The molecule has 0 saturated carbocycles. The lowest BCUT2D eigenvalue weighted by Crippen LogP contribution is -2.48. The number of amides is 3. The van der Waals surface area contributed by atoms with Gasteiger partial charge in [-0.15, -0.1) is 0 Å². The quantitative estimate of drug-likeness (QED) is 0.854. The predicted molar refractivity (Wildman–Crippen MR) is 96.8 cm³/mol. The van der Waals surface area contributed by atoms with E-state index in [4.69, 9.17) is 4.74 Å². The van der Waals surface area contributed by atoms with E-state index in [1.54, 1.807) is 29.2 Å². The van der Waals surface area contributed by atoms with E-state index >= 15 is 0 Å². The molecule has 1 aromatic rings. The topological polar surface area (TPSA) is 87.7 Å². The van der Waals surface area contributed by atoms with Crippen LogP contribution in [0.1, 0.15) is 43.0 Å². The summed E-state index contributed by atoms with van der Waals surface area (Å²) in [5.41, 5.74) is 1.17. The van der Waals surface area contributed by atoms with Crippen molar-refractivity contribution in [3.8, 4) is 0 Å². The van der Waals surface area contributed by atoms with Gasteiger partial charge in [0.25, 0.3) is 5.91 Å². The van der Waals surface area contributed by atoms with Crippen LogP contribution < -0.4 is 10.6 Å². The van der Waals surface area contributed by atoms with Gasteiger partial charge in [0.1, 0.15) is 6.10 Å². The fourth-order valence-corrected chi connectivity index (χ4v) is 3.42. The summed E-state index contributed by atoms with van der Waals surface area (Å²) < 4.78 is 5.41. The zero-order valence-electron chi connectivity index (χ0n) is 15.0. The molecule has 7 heteroatoms. The summed E-state index contributed by atoms with van der Waals surface area (Å²) in [7, 11) is 0. The molecule has 2 heterocycles. The van der Waals surface area contributed by atoms with Crippen LogP contribution in [0.2, 0.25) is 0 Å². The predicted octanol–water partition coefficient (Wildman–Crippen LogP) is 1.54. The minimum atomic E-state index is -0.314. The van der Waals surface area contributed by atoms with Crippen molar-refractivity contribution in [2.75, 3.05) is 25.0 Å². The Labute approximate surface area is 153 Å². The molecular weight excluding hydrogens is 334 g/mol. The first-order valence-electron chi connectivity index (χ1n) is 9.12. The number of ether oxygens (including phenoxy) is 1. The van der Waals surface area contributed by atoms with Crippen LogP contribution in [0.15, 0.2) is 24.3 Å². The lowest BCUT2D eigenvalue weighted by Gasteiger charge is -2.33. The van der Waals surface area contributed by atoms with Gasteiger partial charge in [0.2, 0.25) is 11.8 Å². The molecule has 3 rings (SSSR count). The Morgan fingerprint density at radius 1 is 1.15 bits per heavy atom. The van der Waals surface area contributed by atoms with Gasteiger partial charge < -0.3 is 20.3 Å². The van der Waals surface area contributed by atoms with Gasteiger partial charge in [-0.1, -0.05) is 6.07 Å². The zero-order valence-corrected chi connectivity index (χ0v) is 15.0. The Bertz CT molecular complexity index is 677. The van der Waals surface area contributed by atoms with Crippen LogP contribution in [-0.4, -0.2) is 54.5 Å². The first-order chi connectivity index (χ1) is 12.5. The van der Waals surface area contributed by atoms with E-state index in [-0.39, 0.29) is 29.9 Å². The maximum Gasteiger partial charge on any atom is 0.253 e. The number of anilines is 1. The van der Waals surface area contributed by atoms with Crippen LogP contribution in [-0.2, 0) is 14.3 Å². The van der Waals surface area contributed by atoms with E-state index in [0.717, 1.165) is 25.7 Å². The Morgan fingerprint density at radius 3 is 2.58 bits per heavy atom. The molecular formula is C19H25N3O4. The summed E-state index contributed by atoms with van der Waals surface area (Å²) >= 11 is 0. The SMILES string of the molecule is CC(=O)Nc1cccc(C(=O)N2CCC(NC(=O)C3CCCO3)CC2)c1. The van der Waals surface area contributed by atoms with Crippen LogP contribution in [0, 0.1) is 0 Å². The molecule has 2 N–H and O–H groups in total. The molecule has 7 nitrogen and oxygen atoms in total. The van der Waals surface area contributed by atoms with Crippen molar-refractivity contribution in [1.82, 2.24) is 10.2 Å². The van der Waals surface area contributed by atoms with Gasteiger partial charge in [-0.2, -0.15) is 0 Å². The van der Waals surface area contributed by atoms with Crippen molar-refractivity contribution >= 4 is 23.4 Å². The number of benzene rings is 1. The molecule has 0 aromatic heterocycles. The molecule has 0 bridgehead atoms. The molecule has 2 aliphatic rings. The zero-order chi connectivity index (χ0) is 18.5. The van der Waals surface area contributed by atoms with Crippen molar-refractivity contribution in [2.45, 2.75) is 44.8 Å². The molecule has 2 saturated heterocycles. The number of nitrogens with one attached hydrogen (secondary N) is 2. The largest absolute Gasteiger partial charge is 0.368 e. The molecule has 140 valence electrons. The van der Waals surface area contributed by atoms with Crippen LogP contribution in [0.3, 0.4) is 0 Å². The fourth-order valence-electron chi connectivity index (χ4n) is 3.42. The average Bonchev–Trinajstić information content (AvgIpc) is 3.16. The Balaban J connectivity index is 1.52. The van der Waals surface area contributed by atoms with E-state index < -0.39 is 0 Å². The number of likely N-dealkylation sites (tertiary alicyclic amines) is 1. The number of piperidine rings is 1. The average molecular weight is 359 g/mol. The molecule has 0 radical (unpaired) electrons. The number of rotatable bonds is 4. The van der Waals surface area contributed by atoms with Crippen molar-refractivity contribution < 1.29 is 19.1 Å². The van der Waals surface area contributed by atoms with Gasteiger partial charge >= 0.3 is 0 Å². The molecule has 0 spiro atoms. The summed E-state index contributed by atoms with van der Waals surface area (Å²) in [6.07, 6.45) is 2.87. The summed E-state index contributed by atoms with van der Waals surface area (Å²) in [5, 5.41) is 5.73. The van der Waals surface area contributed by atoms with E-state index in [0.29, 0.717) is 30.9 Å². The van der Waals surface area contributed by atoms with Crippen molar-refractivity contribution in [1.29, 1.82) is 0 Å². The van der Waals surface area contributed by atoms with E-state index in [1.807, 2.05) is 0 Å². The van der Waals surface area contributed by atoms with Gasteiger partial charge in [-0.25, -0.2) is 0 Å². The second-order valence-corrected chi connectivity index (χ2v) is 6.84. The highest BCUT2D eigenvalue weighted by Crippen LogP contribution is 2.18. The molecule has 1 unspecified atom stereocenters. The minimum Gasteiger partial charge on any atom is -0.368 e. The van der Waals surface area contributed by atoms with Crippen molar-refractivity contribution in [3.05, 3.63) is 29.8 Å². The van der Waals surface area contributed by atoms with Crippen molar-refractivity contribution in [2.24, 2.45) is 0 Å². The van der Waals surface area contributed by atoms with Gasteiger partial charge in [-0.05, 0) is 43.9 Å². The molecule has 2 fully saturated rings. The van der Waals surface area contributed by atoms with Crippen LogP contribution in [0.5, 0.6) is 0 Å². The minimum absolute atomic E-state index is 0.0321.